The second-order valence-electron chi connectivity index (χ2n) is 8.20. The highest BCUT2D eigenvalue weighted by Crippen LogP contribution is 2.36. The third-order valence-electron chi connectivity index (χ3n) is 6.39. The average molecular weight is 423 g/mol. The third-order valence-corrected chi connectivity index (χ3v) is 6.39. The number of aromatic nitrogens is 2. The summed E-state index contributed by atoms with van der Waals surface area (Å²) in [5, 5.41) is 7.74. The second kappa shape index (κ2) is 8.62. The lowest BCUT2D eigenvalue weighted by atomic mass is 9.83. The number of hydrogen-bond donors (Lipinski definition) is 1. The maximum atomic E-state index is 13.6. The summed E-state index contributed by atoms with van der Waals surface area (Å²) in [7, 11) is 1.93. The monoisotopic (exact) mass is 422 g/mol. The van der Waals surface area contributed by atoms with Gasteiger partial charge in [-0.3, -0.25) is 9.48 Å². The van der Waals surface area contributed by atoms with E-state index in [1.807, 2.05) is 30.2 Å². The molecule has 1 aromatic heterocycles. The minimum absolute atomic E-state index is 0. The van der Waals surface area contributed by atoms with Gasteiger partial charge >= 0.3 is 0 Å². The Labute approximate surface area is 183 Å². The summed E-state index contributed by atoms with van der Waals surface area (Å²) in [5.74, 6) is 0.611. The Kier molecular flexibility index (Phi) is 5.93. The van der Waals surface area contributed by atoms with E-state index >= 15 is 0 Å². The Morgan fingerprint density at radius 3 is 2.57 bits per heavy atom. The SMILES string of the molecule is Cl.Cn1cc([C@H]2CNC[C@@H]2C(=O)N2Cc3ccccc3C(c3ccccc3)C2)cn1. The lowest BCUT2D eigenvalue weighted by Gasteiger charge is -2.37. The van der Waals surface area contributed by atoms with Crippen LogP contribution in [0.5, 0.6) is 0 Å². The molecule has 5 rings (SSSR count). The zero-order valence-corrected chi connectivity index (χ0v) is 17.9. The first kappa shape index (κ1) is 20.6. The van der Waals surface area contributed by atoms with Crippen LogP contribution in [-0.4, -0.2) is 40.2 Å². The van der Waals surface area contributed by atoms with E-state index in [2.05, 4.69) is 63.8 Å². The average Bonchev–Trinajstić information content (AvgIpc) is 3.42. The Morgan fingerprint density at radius 1 is 1.03 bits per heavy atom. The molecule has 0 spiro atoms. The standard InChI is InChI=1S/C24H26N4O.ClH/c1-27-14-19(11-26-27)21-12-25-13-22(21)24(29)28-15-18-9-5-6-10-20(18)23(16-28)17-7-3-2-4-8-17;/h2-11,14,21-23,25H,12-13,15-16H2,1H3;1H/t21-,22+,23?;/m1./s1. The van der Waals surface area contributed by atoms with Gasteiger partial charge in [0.25, 0.3) is 0 Å². The maximum Gasteiger partial charge on any atom is 0.227 e. The van der Waals surface area contributed by atoms with Gasteiger partial charge in [-0.05, 0) is 22.3 Å². The molecule has 0 aliphatic carbocycles. The van der Waals surface area contributed by atoms with Gasteiger partial charge in [-0.2, -0.15) is 5.10 Å². The molecule has 1 amide bonds. The molecule has 0 bridgehead atoms. The van der Waals surface area contributed by atoms with Crippen molar-refractivity contribution in [1.82, 2.24) is 20.0 Å². The summed E-state index contributed by atoms with van der Waals surface area (Å²) in [6.45, 7) is 2.98. The van der Waals surface area contributed by atoms with Crippen LogP contribution >= 0.6 is 12.4 Å². The van der Waals surface area contributed by atoms with Crippen molar-refractivity contribution in [3.63, 3.8) is 0 Å². The minimum atomic E-state index is -0.0408. The number of carbonyl (C=O) groups excluding carboxylic acids is 1. The van der Waals surface area contributed by atoms with Crippen molar-refractivity contribution in [1.29, 1.82) is 0 Å². The summed E-state index contributed by atoms with van der Waals surface area (Å²) in [5.41, 5.74) is 5.01. The quantitative estimate of drug-likeness (QED) is 0.704. The molecule has 2 aliphatic heterocycles. The first-order chi connectivity index (χ1) is 14.2. The fraction of sp³-hybridized carbons (Fsp3) is 0.333. The van der Waals surface area contributed by atoms with E-state index in [4.69, 9.17) is 0 Å². The molecule has 3 atom stereocenters. The van der Waals surface area contributed by atoms with Crippen LogP contribution in [0.25, 0.3) is 0 Å². The first-order valence-corrected chi connectivity index (χ1v) is 10.3. The summed E-state index contributed by atoms with van der Waals surface area (Å²) in [6, 6.07) is 19.1. The fourth-order valence-corrected chi connectivity index (χ4v) is 4.90. The van der Waals surface area contributed by atoms with Gasteiger partial charge in [-0.1, -0.05) is 54.6 Å². The summed E-state index contributed by atoms with van der Waals surface area (Å²) in [6.07, 6.45) is 3.94. The van der Waals surface area contributed by atoms with Gasteiger partial charge < -0.3 is 10.2 Å². The lowest BCUT2D eigenvalue weighted by Crippen LogP contribution is -2.43. The van der Waals surface area contributed by atoms with Gasteiger partial charge in [0, 0.05) is 51.3 Å². The van der Waals surface area contributed by atoms with Crippen LogP contribution in [-0.2, 0) is 18.4 Å². The molecule has 3 aromatic rings. The van der Waals surface area contributed by atoms with Crippen LogP contribution in [0, 0.1) is 5.92 Å². The highest BCUT2D eigenvalue weighted by Gasteiger charge is 2.39. The Bertz CT molecular complexity index is 1020. The maximum absolute atomic E-state index is 13.6. The van der Waals surface area contributed by atoms with Crippen molar-refractivity contribution in [2.75, 3.05) is 19.6 Å². The van der Waals surface area contributed by atoms with Gasteiger partial charge in [-0.25, -0.2) is 0 Å². The third kappa shape index (κ3) is 3.75. The van der Waals surface area contributed by atoms with Crippen molar-refractivity contribution >= 4 is 18.3 Å². The van der Waals surface area contributed by atoms with E-state index in [1.54, 1.807) is 0 Å². The molecule has 0 saturated carbocycles. The molecule has 6 heteroatoms. The van der Waals surface area contributed by atoms with Gasteiger partial charge in [0.05, 0.1) is 12.1 Å². The Balaban J connectivity index is 0.00000218. The van der Waals surface area contributed by atoms with E-state index < -0.39 is 0 Å². The van der Waals surface area contributed by atoms with E-state index in [9.17, 15) is 4.79 Å². The van der Waals surface area contributed by atoms with Crippen molar-refractivity contribution in [2.24, 2.45) is 13.0 Å². The predicted molar refractivity (Wildman–Crippen MR) is 120 cm³/mol. The highest BCUT2D eigenvalue weighted by molar-refractivity contribution is 5.85. The lowest BCUT2D eigenvalue weighted by molar-refractivity contribution is -0.136. The fourth-order valence-electron chi connectivity index (χ4n) is 4.90. The molecular weight excluding hydrogens is 396 g/mol. The van der Waals surface area contributed by atoms with Gasteiger partial charge in [0.1, 0.15) is 0 Å². The number of fused-ring (bicyclic) bond motifs is 1. The number of benzene rings is 2. The molecule has 1 N–H and O–H groups in total. The molecule has 0 radical (unpaired) electrons. The molecule has 1 unspecified atom stereocenters. The summed E-state index contributed by atoms with van der Waals surface area (Å²) in [4.78, 5) is 15.7. The number of nitrogens with one attached hydrogen (secondary N) is 1. The van der Waals surface area contributed by atoms with Crippen molar-refractivity contribution in [2.45, 2.75) is 18.4 Å². The molecule has 2 aromatic carbocycles. The van der Waals surface area contributed by atoms with Crippen LogP contribution in [0.4, 0.5) is 0 Å². The molecule has 1 fully saturated rings. The van der Waals surface area contributed by atoms with Crippen molar-refractivity contribution in [3.8, 4) is 0 Å². The highest BCUT2D eigenvalue weighted by atomic mass is 35.5. The van der Waals surface area contributed by atoms with E-state index in [1.165, 1.54) is 16.7 Å². The minimum Gasteiger partial charge on any atom is -0.337 e. The Hall–Kier alpha value is -2.63. The molecule has 5 nitrogen and oxygen atoms in total. The molecule has 3 heterocycles. The first-order valence-electron chi connectivity index (χ1n) is 10.3. The topological polar surface area (TPSA) is 50.2 Å². The van der Waals surface area contributed by atoms with Crippen molar-refractivity contribution in [3.05, 3.63) is 89.2 Å². The zero-order valence-electron chi connectivity index (χ0n) is 17.1. The molecule has 1 saturated heterocycles. The van der Waals surface area contributed by atoms with Crippen LogP contribution in [0.15, 0.2) is 67.0 Å². The number of aryl methyl sites for hydroxylation is 1. The molecular formula is C24H27ClN4O. The predicted octanol–water partition coefficient (Wildman–Crippen LogP) is 3.32. The number of nitrogens with zero attached hydrogens (tertiary/aromatic N) is 3. The number of hydrogen-bond acceptors (Lipinski definition) is 3. The number of amides is 1. The molecule has 156 valence electrons. The molecule has 30 heavy (non-hydrogen) atoms. The zero-order chi connectivity index (χ0) is 19.8. The Morgan fingerprint density at radius 2 is 1.80 bits per heavy atom. The van der Waals surface area contributed by atoms with E-state index in [0.717, 1.165) is 25.2 Å². The van der Waals surface area contributed by atoms with Gasteiger partial charge in [-0.15, -0.1) is 12.4 Å². The van der Waals surface area contributed by atoms with Crippen LogP contribution in [0.3, 0.4) is 0 Å². The van der Waals surface area contributed by atoms with Gasteiger partial charge in [0.2, 0.25) is 5.91 Å². The van der Waals surface area contributed by atoms with E-state index in [-0.39, 0.29) is 36.1 Å². The summed E-state index contributed by atoms with van der Waals surface area (Å²) < 4.78 is 1.82. The largest absolute Gasteiger partial charge is 0.337 e. The van der Waals surface area contributed by atoms with E-state index in [0.29, 0.717) is 6.54 Å². The van der Waals surface area contributed by atoms with Crippen LogP contribution < -0.4 is 5.32 Å². The smallest absolute Gasteiger partial charge is 0.227 e. The van der Waals surface area contributed by atoms with Gasteiger partial charge in [0.15, 0.2) is 0 Å². The number of halogens is 1. The summed E-state index contributed by atoms with van der Waals surface area (Å²) >= 11 is 0. The number of carbonyl (C=O) groups is 1. The second-order valence-corrected chi connectivity index (χ2v) is 8.20. The van der Waals surface area contributed by atoms with Crippen LogP contribution in [0.1, 0.15) is 34.1 Å². The number of rotatable bonds is 3. The molecule has 2 aliphatic rings. The van der Waals surface area contributed by atoms with Crippen molar-refractivity contribution < 1.29 is 4.79 Å². The van der Waals surface area contributed by atoms with Crippen LogP contribution in [0.2, 0.25) is 0 Å². The normalized spacial score (nSPS) is 23.0.